The molecule has 2 aliphatic heterocycles. The van der Waals surface area contributed by atoms with E-state index >= 15 is 0 Å². The van der Waals surface area contributed by atoms with E-state index in [1.807, 2.05) is 26.0 Å². The van der Waals surface area contributed by atoms with Gasteiger partial charge < -0.3 is 20.1 Å². The fourth-order valence-corrected chi connectivity index (χ4v) is 7.98. The smallest absolute Gasteiger partial charge is 0.253 e. The number of benzene rings is 1. The van der Waals surface area contributed by atoms with E-state index in [2.05, 4.69) is 12.2 Å². The van der Waals surface area contributed by atoms with Gasteiger partial charge in [-0.3, -0.25) is 14.6 Å². The first-order valence-corrected chi connectivity index (χ1v) is 17.7. The minimum absolute atomic E-state index is 0.0786. The molecule has 4 rings (SSSR count). The Morgan fingerprint density at radius 1 is 1.16 bits per heavy atom. The van der Waals surface area contributed by atoms with E-state index in [4.69, 9.17) is 14.8 Å². The molecule has 3 aliphatic rings. The number of rotatable bonds is 13. The number of nitrogens with zero attached hydrogens (tertiary/aromatic N) is 3. The number of aliphatic hydroxyl groups excluding tert-OH is 1. The van der Waals surface area contributed by atoms with Crippen LogP contribution < -0.4 is 10.2 Å². The number of carbonyl (C=O) groups excluding carboxylic acids is 2. The van der Waals surface area contributed by atoms with Crippen molar-refractivity contribution in [2.45, 2.75) is 91.0 Å². The lowest BCUT2D eigenvalue weighted by Crippen LogP contribution is -2.50. The third kappa shape index (κ3) is 8.16. The Hall–Kier alpha value is -2.60. The van der Waals surface area contributed by atoms with Crippen molar-refractivity contribution in [2.24, 2.45) is 16.8 Å². The second-order valence-corrected chi connectivity index (χ2v) is 14.4. The maximum atomic E-state index is 13.3. The van der Waals surface area contributed by atoms with Crippen molar-refractivity contribution in [3.63, 3.8) is 0 Å². The molecule has 244 valence electrons. The number of unbranched alkanes of at least 4 members (excludes halogenated alkanes) is 1. The first-order chi connectivity index (χ1) is 21.0. The summed E-state index contributed by atoms with van der Waals surface area (Å²) in [6.07, 6.45) is 10.6. The van der Waals surface area contributed by atoms with Gasteiger partial charge in [-0.05, 0) is 93.2 Å². The third-order valence-electron chi connectivity index (χ3n) is 9.48. The second-order valence-electron chi connectivity index (χ2n) is 12.6. The fraction of sp³-hybridized carbons (Fsp3) is 0.667. The largest absolute Gasteiger partial charge is 0.394 e. The van der Waals surface area contributed by atoms with Crippen LogP contribution in [-0.4, -0.2) is 80.5 Å². The van der Waals surface area contributed by atoms with E-state index in [-0.39, 0.29) is 38.1 Å². The van der Waals surface area contributed by atoms with Crippen LogP contribution in [-0.2, 0) is 24.3 Å². The van der Waals surface area contributed by atoms with Gasteiger partial charge in [0.1, 0.15) is 11.4 Å². The summed E-state index contributed by atoms with van der Waals surface area (Å²) in [6.45, 7) is 8.75. The quantitative estimate of drug-likeness (QED) is 0.313. The third-order valence-corrected chi connectivity index (χ3v) is 11.0. The number of sulfonamides is 1. The summed E-state index contributed by atoms with van der Waals surface area (Å²) in [4.78, 5) is 31.9. The Kier molecular flexibility index (Phi) is 11.8. The number of piperidine rings is 1. The van der Waals surface area contributed by atoms with Gasteiger partial charge in [0, 0.05) is 43.6 Å². The topological polar surface area (TPSA) is 129 Å². The van der Waals surface area contributed by atoms with Gasteiger partial charge in [0.25, 0.3) is 5.91 Å². The zero-order chi connectivity index (χ0) is 31.9. The summed E-state index contributed by atoms with van der Waals surface area (Å²) in [7, 11) is -3.71. The number of nitrogens with one attached hydrogen (secondary N) is 1. The van der Waals surface area contributed by atoms with Gasteiger partial charge in [-0.1, -0.05) is 26.2 Å². The predicted molar refractivity (Wildman–Crippen MR) is 174 cm³/mol. The molecule has 1 saturated heterocycles. The number of hydrogen-bond donors (Lipinski definition) is 2. The van der Waals surface area contributed by atoms with Gasteiger partial charge in [0.15, 0.2) is 0 Å². The summed E-state index contributed by atoms with van der Waals surface area (Å²) < 4.78 is 33.4. The van der Waals surface area contributed by atoms with Crippen LogP contribution in [0.15, 0.2) is 22.5 Å². The fourth-order valence-electron chi connectivity index (χ4n) is 6.80. The van der Waals surface area contributed by atoms with Crippen LogP contribution >= 0.6 is 0 Å². The van der Waals surface area contributed by atoms with Crippen LogP contribution in [0.4, 0.5) is 5.69 Å². The number of carbonyl (C=O) groups is 2. The number of ether oxygens (including phenoxy) is 1. The Morgan fingerprint density at radius 3 is 2.41 bits per heavy atom. The molecule has 0 aromatic heterocycles. The zero-order valence-corrected chi connectivity index (χ0v) is 27.6. The molecular formula is C33H50N4O6S. The Balaban J connectivity index is 1.38. The zero-order valence-electron chi connectivity index (χ0n) is 26.8. The number of anilines is 1. The van der Waals surface area contributed by atoms with Crippen LogP contribution in [0.2, 0.25) is 0 Å². The van der Waals surface area contributed by atoms with Crippen molar-refractivity contribution < 1.29 is 27.9 Å². The number of amides is 2. The molecule has 11 heteroatoms. The highest BCUT2D eigenvalue weighted by Crippen LogP contribution is 2.37. The summed E-state index contributed by atoms with van der Waals surface area (Å²) >= 11 is 0. The van der Waals surface area contributed by atoms with Gasteiger partial charge in [-0.2, -0.15) is 4.31 Å². The van der Waals surface area contributed by atoms with Crippen molar-refractivity contribution >= 4 is 39.4 Å². The highest BCUT2D eigenvalue weighted by Gasteiger charge is 2.48. The van der Waals surface area contributed by atoms with Gasteiger partial charge in [0.05, 0.1) is 19.8 Å². The minimum atomic E-state index is -3.71. The molecule has 1 spiro atoms. The van der Waals surface area contributed by atoms with Crippen molar-refractivity contribution in [1.29, 1.82) is 0 Å². The Labute approximate surface area is 263 Å². The van der Waals surface area contributed by atoms with Crippen LogP contribution in [0, 0.1) is 25.7 Å². The van der Waals surface area contributed by atoms with Crippen molar-refractivity contribution in [3.8, 4) is 0 Å². The lowest BCUT2D eigenvalue weighted by Gasteiger charge is -2.34. The van der Waals surface area contributed by atoms with Crippen LogP contribution in [0.1, 0.15) is 88.3 Å². The number of aliphatic imine (C=N–C) groups is 1. The van der Waals surface area contributed by atoms with Gasteiger partial charge in [0.2, 0.25) is 15.9 Å². The number of aryl methyl sites for hydroxylation is 2. The molecule has 44 heavy (non-hydrogen) atoms. The molecule has 1 aromatic carbocycles. The van der Waals surface area contributed by atoms with Gasteiger partial charge >= 0.3 is 0 Å². The minimum Gasteiger partial charge on any atom is -0.394 e. The van der Waals surface area contributed by atoms with Gasteiger partial charge in [-0.15, -0.1) is 0 Å². The standard InChI is InChI=1S/C33H50N4O6S/c1-5-6-7-27-8-10-28(11-9-27)31-34-32(40)33(35-31)13-15-36(16-14-33)44(41,42)21-12-30-24(2)22-29(23-25(30)3)37(26(4)39)17-19-43-20-18-38/h12,21-23,27-28,38H,5-11,13-20H2,1-4H3,(H,34,35,40)/b21-12+. The molecular weight excluding hydrogens is 580 g/mol. The summed E-state index contributed by atoms with van der Waals surface area (Å²) in [5.41, 5.74) is 2.31. The highest BCUT2D eigenvalue weighted by atomic mass is 32.2. The molecule has 2 fully saturated rings. The van der Waals surface area contributed by atoms with Crippen molar-refractivity contribution in [1.82, 2.24) is 9.62 Å². The van der Waals surface area contributed by atoms with Crippen molar-refractivity contribution in [3.05, 3.63) is 34.2 Å². The van der Waals surface area contributed by atoms with E-state index in [1.54, 1.807) is 11.0 Å². The maximum Gasteiger partial charge on any atom is 0.253 e. The SMILES string of the molecule is CCCCC1CCC(C2=NC3(CCN(S(=O)(=O)/C=C/c4c(C)cc(N(CCOCCO)C(C)=O)cc4C)CC3)C(=O)N2)CC1. The second kappa shape index (κ2) is 15.1. The normalized spacial score (nSPS) is 22.4. The molecule has 0 unspecified atom stereocenters. The average Bonchev–Trinajstić information content (AvgIpc) is 3.30. The molecule has 0 bridgehead atoms. The van der Waals surface area contributed by atoms with Crippen molar-refractivity contribution in [2.75, 3.05) is 44.4 Å². The molecule has 1 aromatic rings. The van der Waals surface area contributed by atoms with E-state index in [9.17, 15) is 18.0 Å². The summed E-state index contributed by atoms with van der Waals surface area (Å²) in [6, 6.07) is 3.73. The number of hydrogen-bond acceptors (Lipinski definition) is 7. The maximum absolute atomic E-state index is 13.3. The Morgan fingerprint density at radius 2 is 1.82 bits per heavy atom. The molecule has 2 N–H and O–H groups in total. The first-order valence-electron chi connectivity index (χ1n) is 16.2. The van der Waals surface area contributed by atoms with Gasteiger partial charge in [-0.25, -0.2) is 8.42 Å². The van der Waals surface area contributed by atoms with Crippen LogP contribution in [0.3, 0.4) is 0 Å². The highest BCUT2D eigenvalue weighted by molar-refractivity contribution is 7.92. The molecule has 2 heterocycles. The van der Waals surface area contributed by atoms with Crippen LogP contribution in [0.5, 0.6) is 0 Å². The van der Waals surface area contributed by atoms with E-state index < -0.39 is 15.6 Å². The molecule has 10 nitrogen and oxygen atoms in total. The lowest BCUT2D eigenvalue weighted by molar-refractivity contribution is -0.125. The monoisotopic (exact) mass is 630 g/mol. The number of aliphatic hydroxyl groups is 1. The predicted octanol–water partition coefficient (Wildman–Crippen LogP) is 4.33. The molecule has 0 radical (unpaired) electrons. The average molecular weight is 631 g/mol. The molecule has 2 amide bonds. The number of amidine groups is 1. The van der Waals surface area contributed by atoms with E-state index in [0.717, 1.165) is 41.3 Å². The molecule has 1 saturated carbocycles. The summed E-state index contributed by atoms with van der Waals surface area (Å²) in [5, 5.41) is 13.2. The molecule has 0 atom stereocenters. The lowest BCUT2D eigenvalue weighted by atomic mass is 9.79. The van der Waals surface area contributed by atoms with E-state index in [1.165, 1.54) is 48.7 Å². The van der Waals surface area contributed by atoms with E-state index in [0.29, 0.717) is 37.6 Å². The first kappa shape index (κ1) is 34.3. The van der Waals surface area contributed by atoms with Crippen LogP contribution in [0.25, 0.3) is 6.08 Å². The Bertz CT molecular complexity index is 1320. The molecule has 1 aliphatic carbocycles. The summed E-state index contributed by atoms with van der Waals surface area (Å²) in [5.74, 6) is 1.67.